The highest BCUT2D eigenvalue weighted by molar-refractivity contribution is 5.70. The number of piperidine rings is 1. The van der Waals surface area contributed by atoms with Gasteiger partial charge < -0.3 is 15.0 Å². The van der Waals surface area contributed by atoms with Gasteiger partial charge in [0.15, 0.2) is 0 Å². The number of hydrogen-bond donors (Lipinski definition) is 2. The van der Waals surface area contributed by atoms with Gasteiger partial charge >= 0.3 is 0 Å². The van der Waals surface area contributed by atoms with Crippen molar-refractivity contribution in [3.05, 3.63) is 61.3 Å². The molecule has 148 valence electrons. The largest absolute Gasteiger partial charge is 0.507 e. The van der Waals surface area contributed by atoms with E-state index in [4.69, 9.17) is 0 Å². The third kappa shape index (κ3) is 3.31. The lowest BCUT2D eigenvalue weighted by Crippen LogP contribution is -2.38. The Morgan fingerprint density at radius 3 is 2.62 bits per heavy atom. The fourth-order valence-corrected chi connectivity index (χ4v) is 4.54. The van der Waals surface area contributed by atoms with Gasteiger partial charge in [-0.05, 0) is 43.2 Å². The van der Waals surface area contributed by atoms with Crippen LogP contribution in [0.15, 0.2) is 49.8 Å². The Hall–Kier alpha value is -3.06. The van der Waals surface area contributed by atoms with Crippen LogP contribution in [-0.2, 0) is 0 Å². The molecule has 3 atom stereocenters. The molecule has 5 rings (SSSR count). The average molecular weight is 391 g/mol. The Balaban J connectivity index is 1.39. The Kier molecular flexibility index (Phi) is 4.39. The number of hydrogen-bond acceptors (Lipinski definition) is 5. The number of aromatic nitrogens is 4. The minimum atomic E-state index is -0.476. The molecule has 0 radical (unpaired) electrons. The second-order valence-electron chi connectivity index (χ2n) is 7.91. The lowest BCUT2D eigenvalue weighted by Gasteiger charge is -2.30. The molecule has 6 nitrogen and oxygen atoms in total. The number of halogens is 1. The van der Waals surface area contributed by atoms with Gasteiger partial charge in [-0.1, -0.05) is 6.58 Å². The zero-order chi connectivity index (χ0) is 20.0. The van der Waals surface area contributed by atoms with Crippen LogP contribution in [0.25, 0.3) is 22.5 Å². The summed E-state index contributed by atoms with van der Waals surface area (Å²) in [4.78, 5) is 12.8. The van der Waals surface area contributed by atoms with E-state index < -0.39 is 5.82 Å². The third-order valence-electron chi connectivity index (χ3n) is 6.07. The van der Waals surface area contributed by atoms with Crippen LogP contribution < -0.4 is 5.32 Å². The lowest BCUT2D eigenvalue weighted by molar-refractivity contribution is 0.351. The third-order valence-corrected chi connectivity index (χ3v) is 6.07. The highest BCUT2D eigenvalue weighted by Gasteiger charge is 2.35. The first kappa shape index (κ1) is 18.0. The monoisotopic (exact) mass is 391 g/mol. The molecule has 0 saturated carbocycles. The average Bonchev–Trinajstić information content (AvgIpc) is 3.38. The number of rotatable bonds is 4. The quantitative estimate of drug-likeness (QED) is 0.709. The molecule has 0 aliphatic carbocycles. The molecule has 2 aromatic heterocycles. The van der Waals surface area contributed by atoms with Gasteiger partial charge in [-0.3, -0.25) is 9.97 Å². The minimum absolute atomic E-state index is 0.0640. The van der Waals surface area contributed by atoms with Gasteiger partial charge in [0.05, 0.1) is 35.8 Å². The lowest BCUT2D eigenvalue weighted by atomic mass is 9.85. The van der Waals surface area contributed by atoms with Gasteiger partial charge in [-0.25, -0.2) is 9.37 Å². The molecule has 29 heavy (non-hydrogen) atoms. The number of nitrogens with one attached hydrogen (secondary N) is 1. The number of nitrogens with zero attached hydrogens (tertiary/aromatic N) is 4. The van der Waals surface area contributed by atoms with E-state index in [-0.39, 0.29) is 11.4 Å². The number of allylic oxidation sites excluding steroid dienone is 1. The summed E-state index contributed by atoms with van der Waals surface area (Å²) in [6.07, 6.45) is 12.5. The Morgan fingerprint density at radius 1 is 1.17 bits per heavy atom. The van der Waals surface area contributed by atoms with E-state index in [9.17, 15) is 9.50 Å². The van der Waals surface area contributed by atoms with Crippen molar-refractivity contribution >= 4 is 5.57 Å². The van der Waals surface area contributed by atoms with Gasteiger partial charge in [0.1, 0.15) is 11.6 Å². The summed E-state index contributed by atoms with van der Waals surface area (Å²) in [7, 11) is 0. The summed E-state index contributed by atoms with van der Waals surface area (Å²) in [6, 6.07) is 3.80. The van der Waals surface area contributed by atoms with Gasteiger partial charge in [-0.2, -0.15) is 0 Å². The number of imidazole rings is 1. The van der Waals surface area contributed by atoms with Crippen molar-refractivity contribution in [2.24, 2.45) is 5.92 Å². The second-order valence-corrected chi connectivity index (χ2v) is 7.91. The molecular weight excluding hydrogens is 369 g/mol. The van der Waals surface area contributed by atoms with E-state index in [1.165, 1.54) is 35.9 Å². The summed E-state index contributed by atoms with van der Waals surface area (Å²) < 4.78 is 16.1. The normalized spacial score (nSPS) is 23.3. The molecule has 1 unspecified atom stereocenters. The van der Waals surface area contributed by atoms with Crippen LogP contribution in [0.1, 0.15) is 31.4 Å². The molecule has 2 fully saturated rings. The van der Waals surface area contributed by atoms with Gasteiger partial charge in [0.2, 0.25) is 0 Å². The van der Waals surface area contributed by atoms with Crippen molar-refractivity contribution in [1.82, 2.24) is 24.8 Å². The molecule has 0 spiro atoms. The summed E-state index contributed by atoms with van der Waals surface area (Å²) in [5.41, 5.74) is 2.71. The fraction of sp³-hybridized carbons (Fsp3) is 0.318. The maximum atomic E-state index is 14.6. The fourth-order valence-electron chi connectivity index (χ4n) is 4.54. The molecule has 2 aliphatic heterocycles. The number of aromatic hydroxyl groups is 1. The first-order valence-electron chi connectivity index (χ1n) is 9.87. The predicted octanol–water partition coefficient (Wildman–Crippen LogP) is 3.72. The zero-order valence-corrected chi connectivity index (χ0v) is 15.9. The topological polar surface area (TPSA) is 75.9 Å². The Labute approximate surface area is 168 Å². The smallest absolute Gasteiger partial charge is 0.148 e. The highest BCUT2D eigenvalue weighted by Crippen LogP contribution is 2.38. The molecule has 1 aromatic carbocycles. The molecule has 7 heteroatoms. The molecular formula is C22H22FN5O. The van der Waals surface area contributed by atoms with E-state index in [1.807, 2.05) is 0 Å². The number of phenols is 1. The number of fused-ring (bicyclic) bond motifs is 2. The second kappa shape index (κ2) is 7.08. The van der Waals surface area contributed by atoms with Crippen LogP contribution in [-0.4, -0.2) is 36.7 Å². The minimum Gasteiger partial charge on any atom is -0.507 e. The van der Waals surface area contributed by atoms with Crippen molar-refractivity contribution in [2.45, 2.75) is 37.8 Å². The van der Waals surface area contributed by atoms with Gasteiger partial charge in [0.25, 0.3) is 0 Å². The Bertz CT molecular complexity index is 1040. The van der Waals surface area contributed by atoms with E-state index in [0.29, 0.717) is 29.3 Å². The van der Waals surface area contributed by atoms with Crippen molar-refractivity contribution in [1.29, 1.82) is 0 Å². The molecule has 2 saturated heterocycles. The summed E-state index contributed by atoms with van der Waals surface area (Å²) in [5.74, 6) is -0.128. The van der Waals surface area contributed by atoms with Crippen LogP contribution in [0.3, 0.4) is 0 Å². The standard InChI is InChI=1S/C22H22FN5O/c1-13(14-6-15-2-3-16(7-14)27-15)19-10-26-20(11-25-19)17-8-18(23)21(9-22(17)29)28-5-4-24-12-28/h4-5,8-12,14-16,27,29H,1-3,6-7H2/t14?,15-,16+. The maximum absolute atomic E-state index is 14.6. The van der Waals surface area contributed by atoms with Gasteiger partial charge in [0, 0.05) is 36.1 Å². The number of benzene rings is 1. The Morgan fingerprint density at radius 2 is 1.97 bits per heavy atom. The summed E-state index contributed by atoms with van der Waals surface area (Å²) in [5, 5.41) is 14.1. The highest BCUT2D eigenvalue weighted by atomic mass is 19.1. The van der Waals surface area contributed by atoms with Crippen molar-refractivity contribution in [3.63, 3.8) is 0 Å². The zero-order valence-electron chi connectivity index (χ0n) is 15.9. The van der Waals surface area contributed by atoms with E-state index >= 15 is 0 Å². The molecule has 2 N–H and O–H groups in total. The van der Waals surface area contributed by atoms with E-state index in [0.717, 1.165) is 24.1 Å². The molecule has 2 bridgehead atoms. The SMILES string of the molecule is C=C(c1cnc(-c2cc(F)c(-n3ccnc3)cc2O)cn1)C1C[C@H]2CC[C@@H](C1)N2. The van der Waals surface area contributed by atoms with Crippen LogP contribution in [0.4, 0.5) is 4.39 Å². The van der Waals surface area contributed by atoms with Crippen molar-refractivity contribution < 1.29 is 9.50 Å². The predicted molar refractivity (Wildman–Crippen MR) is 108 cm³/mol. The van der Waals surface area contributed by atoms with E-state index in [1.54, 1.807) is 24.8 Å². The first-order chi connectivity index (χ1) is 14.1. The van der Waals surface area contributed by atoms with E-state index in [2.05, 4.69) is 26.8 Å². The van der Waals surface area contributed by atoms with Crippen LogP contribution in [0, 0.1) is 11.7 Å². The van der Waals surface area contributed by atoms with Crippen molar-refractivity contribution in [3.8, 4) is 22.7 Å². The van der Waals surface area contributed by atoms with Crippen LogP contribution in [0.5, 0.6) is 5.75 Å². The van der Waals surface area contributed by atoms with Crippen LogP contribution >= 0.6 is 0 Å². The number of phenolic OH excluding ortho intramolecular Hbond substituents is 1. The summed E-state index contributed by atoms with van der Waals surface area (Å²) >= 11 is 0. The molecule has 4 heterocycles. The summed E-state index contributed by atoms with van der Waals surface area (Å²) in [6.45, 7) is 4.27. The molecule has 3 aromatic rings. The van der Waals surface area contributed by atoms with Crippen LogP contribution in [0.2, 0.25) is 0 Å². The molecule has 2 aliphatic rings. The first-order valence-corrected chi connectivity index (χ1v) is 9.87. The van der Waals surface area contributed by atoms with Crippen molar-refractivity contribution in [2.75, 3.05) is 0 Å². The van der Waals surface area contributed by atoms with Gasteiger partial charge in [-0.15, -0.1) is 0 Å². The molecule has 0 amide bonds. The maximum Gasteiger partial charge on any atom is 0.148 e.